The zero-order valence-corrected chi connectivity index (χ0v) is 12.1. The van der Waals surface area contributed by atoms with E-state index in [4.69, 9.17) is 21.1 Å². The Balaban J connectivity index is 2.19. The van der Waals surface area contributed by atoms with Gasteiger partial charge in [-0.15, -0.1) is 0 Å². The van der Waals surface area contributed by atoms with Gasteiger partial charge in [-0.1, -0.05) is 18.5 Å². The number of hydrogen-bond donors (Lipinski definition) is 0. The highest BCUT2D eigenvalue weighted by Gasteiger charge is 2.42. The van der Waals surface area contributed by atoms with E-state index < -0.39 is 5.54 Å². The lowest BCUT2D eigenvalue weighted by Crippen LogP contribution is -2.33. The largest absolute Gasteiger partial charge is 0.486 e. The number of rotatable bonds is 3. The minimum Gasteiger partial charge on any atom is -0.486 e. The Kier molecular flexibility index (Phi) is 3.45. The third-order valence-corrected chi connectivity index (χ3v) is 4.57. The van der Waals surface area contributed by atoms with E-state index in [9.17, 15) is 4.79 Å². The predicted molar refractivity (Wildman–Crippen MR) is 75.5 cm³/mol. The van der Waals surface area contributed by atoms with Crippen molar-refractivity contribution in [2.75, 3.05) is 13.2 Å². The molecule has 0 N–H and O–H groups in total. The number of fused-ring (bicyclic) bond motifs is 1. The lowest BCUT2D eigenvalue weighted by Gasteiger charge is -2.39. The van der Waals surface area contributed by atoms with E-state index in [0.29, 0.717) is 29.7 Å². The van der Waals surface area contributed by atoms with Crippen LogP contribution in [-0.2, 0) is 16.8 Å². The second kappa shape index (κ2) is 5.12. The molecular weight excluding hydrogens is 278 g/mol. The van der Waals surface area contributed by atoms with Crippen LogP contribution in [0.15, 0.2) is 11.1 Å². The van der Waals surface area contributed by atoms with Crippen LogP contribution in [0.3, 0.4) is 0 Å². The summed E-state index contributed by atoms with van der Waals surface area (Å²) in [6.45, 7) is 3.06. The van der Waals surface area contributed by atoms with Crippen molar-refractivity contribution >= 4 is 17.7 Å². The lowest BCUT2D eigenvalue weighted by atomic mass is 9.70. The van der Waals surface area contributed by atoms with Crippen LogP contribution in [0.4, 0.5) is 0 Å². The van der Waals surface area contributed by atoms with E-state index in [0.717, 1.165) is 36.8 Å². The normalized spacial score (nSPS) is 18.9. The maximum atomic E-state index is 10.8. The summed E-state index contributed by atoms with van der Waals surface area (Å²) in [6, 6.07) is 1.94. The van der Waals surface area contributed by atoms with Gasteiger partial charge in [-0.25, -0.2) is 4.79 Å². The molecular formula is C15H16ClNO3. The van der Waals surface area contributed by atoms with Crippen LogP contribution in [0.2, 0.25) is 5.02 Å². The first-order valence-electron chi connectivity index (χ1n) is 6.92. The zero-order valence-electron chi connectivity index (χ0n) is 11.4. The van der Waals surface area contributed by atoms with E-state index in [2.05, 4.69) is 4.99 Å². The van der Waals surface area contributed by atoms with Crippen LogP contribution in [0.5, 0.6) is 11.5 Å². The van der Waals surface area contributed by atoms with Crippen molar-refractivity contribution < 1.29 is 14.3 Å². The number of hydrogen-bond acceptors (Lipinski definition) is 4. The summed E-state index contributed by atoms with van der Waals surface area (Å²) in [7, 11) is 0. The molecule has 1 aromatic rings. The summed E-state index contributed by atoms with van der Waals surface area (Å²) in [5.41, 5.74) is 1.52. The summed E-state index contributed by atoms with van der Waals surface area (Å²) in [5.74, 6) is 1.27. The van der Waals surface area contributed by atoms with Gasteiger partial charge in [0.2, 0.25) is 6.08 Å². The fourth-order valence-electron chi connectivity index (χ4n) is 2.99. The SMILES string of the molecule is CCc1c(C2(N=C=O)CCC2)cc2c(c1Cl)OCCO2. The average molecular weight is 294 g/mol. The van der Waals surface area contributed by atoms with Crippen LogP contribution in [0, 0.1) is 0 Å². The van der Waals surface area contributed by atoms with Crippen LogP contribution in [-0.4, -0.2) is 19.3 Å². The molecule has 106 valence electrons. The highest BCUT2D eigenvalue weighted by atomic mass is 35.5. The molecule has 0 unspecified atom stereocenters. The molecule has 20 heavy (non-hydrogen) atoms. The van der Waals surface area contributed by atoms with Crippen molar-refractivity contribution in [1.29, 1.82) is 0 Å². The van der Waals surface area contributed by atoms with Gasteiger partial charge in [-0.05, 0) is 42.9 Å². The number of ether oxygens (including phenoxy) is 2. The first kappa shape index (κ1) is 13.5. The maximum Gasteiger partial charge on any atom is 0.235 e. The van der Waals surface area contributed by atoms with Gasteiger partial charge in [-0.3, -0.25) is 0 Å². The Labute approximate surface area is 122 Å². The second-order valence-corrected chi connectivity index (χ2v) is 5.56. The fraction of sp³-hybridized carbons (Fsp3) is 0.533. The van der Waals surface area contributed by atoms with Crippen LogP contribution in [0.1, 0.15) is 37.3 Å². The molecule has 1 saturated carbocycles. The first-order chi connectivity index (χ1) is 9.72. The molecule has 0 aromatic heterocycles. The van der Waals surface area contributed by atoms with E-state index in [1.165, 1.54) is 0 Å². The maximum absolute atomic E-state index is 10.8. The van der Waals surface area contributed by atoms with Gasteiger partial charge in [0.25, 0.3) is 0 Å². The van der Waals surface area contributed by atoms with Crippen molar-refractivity contribution in [1.82, 2.24) is 0 Å². The highest BCUT2D eigenvalue weighted by Crippen LogP contribution is 2.51. The molecule has 0 radical (unpaired) electrons. The van der Waals surface area contributed by atoms with Crippen molar-refractivity contribution in [2.45, 2.75) is 38.1 Å². The Morgan fingerprint density at radius 1 is 1.40 bits per heavy atom. The molecule has 0 bridgehead atoms. The molecule has 1 aliphatic carbocycles. The molecule has 4 nitrogen and oxygen atoms in total. The van der Waals surface area contributed by atoms with Gasteiger partial charge < -0.3 is 9.47 Å². The van der Waals surface area contributed by atoms with E-state index >= 15 is 0 Å². The summed E-state index contributed by atoms with van der Waals surface area (Å²) in [4.78, 5) is 14.8. The number of aliphatic imine (C=N–C) groups is 1. The number of nitrogens with zero attached hydrogens (tertiary/aromatic N) is 1. The monoisotopic (exact) mass is 293 g/mol. The molecule has 3 rings (SSSR count). The van der Waals surface area contributed by atoms with Crippen LogP contribution >= 0.6 is 11.6 Å². The van der Waals surface area contributed by atoms with Crippen LogP contribution < -0.4 is 9.47 Å². The minimum atomic E-state index is -0.466. The van der Waals surface area contributed by atoms with Crippen molar-refractivity contribution in [3.05, 3.63) is 22.2 Å². The quantitative estimate of drug-likeness (QED) is 0.634. The van der Waals surface area contributed by atoms with Gasteiger partial charge in [0.15, 0.2) is 11.5 Å². The van der Waals surface area contributed by atoms with Gasteiger partial charge in [0.05, 0.1) is 10.6 Å². The molecule has 1 aromatic carbocycles. The van der Waals surface area contributed by atoms with Gasteiger partial charge in [0.1, 0.15) is 13.2 Å². The lowest BCUT2D eigenvalue weighted by molar-refractivity contribution is 0.170. The average Bonchev–Trinajstić information content (AvgIpc) is 2.43. The number of benzene rings is 1. The smallest absolute Gasteiger partial charge is 0.235 e. The molecule has 1 fully saturated rings. The van der Waals surface area contributed by atoms with Crippen LogP contribution in [0.25, 0.3) is 0 Å². The van der Waals surface area contributed by atoms with Gasteiger partial charge in [-0.2, -0.15) is 4.99 Å². The predicted octanol–water partition coefficient (Wildman–Crippen LogP) is 3.39. The molecule has 0 saturated heterocycles. The van der Waals surface area contributed by atoms with Gasteiger partial charge in [0, 0.05) is 0 Å². The summed E-state index contributed by atoms with van der Waals surface area (Å²) in [6.07, 6.45) is 5.25. The molecule has 5 heteroatoms. The molecule has 1 aliphatic heterocycles. The standard InChI is InChI=1S/C15H16ClNO3/c1-2-10-11(15(17-9-18)4-3-5-15)8-12-14(13(10)16)20-7-6-19-12/h8H,2-7H2,1H3. The zero-order chi connectivity index (χ0) is 14.2. The number of carbonyl (C=O) groups excluding carboxylic acids is 1. The van der Waals surface area contributed by atoms with Crippen molar-refractivity contribution in [3.63, 3.8) is 0 Å². The third kappa shape index (κ3) is 1.91. The van der Waals surface area contributed by atoms with Crippen molar-refractivity contribution in [3.8, 4) is 11.5 Å². The highest BCUT2D eigenvalue weighted by molar-refractivity contribution is 6.33. The molecule has 0 atom stereocenters. The second-order valence-electron chi connectivity index (χ2n) is 5.18. The number of isocyanates is 1. The third-order valence-electron chi connectivity index (χ3n) is 4.17. The summed E-state index contributed by atoms with van der Waals surface area (Å²) < 4.78 is 11.2. The Hall–Kier alpha value is -1.51. The topological polar surface area (TPSA) is 47.9 Å². The Morgan fingerprint density at radius 2 is 2.15 bits per heavy atom. The molecule has 2 aliphatic rings. The fourth-order valence-corrected chi connectivity index (χ4v) is 3.37. The molecule has 0 spiro atoms. The Bertz CT molecular complexity index is 589. The molecule has 1 heterocycles. The molecule has 0 amide bonds. The summed E-state index contributed by atoms with van der Waals surface area (Å²) >= 11 is 6.47. The Morgan fingerprint density at radius 3 is 2.75 bits per heavy atom. The van der Waals surface area contributed by atoms with E-state index in [1.54, 1.807) is 6.08 Å². The number of halogens is 1. The van der Waals surface area contributed by atoms with E-state index in [-0.39, 0.29) is 0 Å². The first-order valence-corrected chi connectivity index (χ1v) is 7.30. The van der Waals surface area contributed by atoms with Crippen molar-refractivity contribution in [2.24, 2.45) is 4.99 Å². The van der Waals surface area contributed by atoms with Gasteiger partial charge >= 0.3 is 0 Å². The minimum absolute atomic E-state index is 0.466. The van der Waals surface area contributed by atoms with E-state index in [1.807, 2.05) is 13.0 Å². The summed E-state index contributed by atoms with van der Waals surface area (Å²) in [5, 5.41) is 0.590.